The van der Waals surface area contributed by atoms with Crippen molar-refractivity contribution in [3.8, 4) is 0 Å². The van der Waals surface area contributed by atoms with E-state index in [1.54, 1.807) is 17.2 Å². The quantitative estimate of drug-likeness (QED) is 0.766. The lowest BCUT2D eigenvalue weighted by atomic mass is 9.67. The molecule has 5 nitrogen and oxygen atoms in total. The molecule has 0 bridgehead atoms. The molecule has 1 saturated carbocycles. The predicted octanol–water partition coefficient (Wildman–Crippen LogP) is 4.08. The van der Waals surface area contributed by atoms with Crippen LogP contribution in [0.25, 0.3) is 0 Å². The summed E-state index contributed by atoms with van der Waals surface area (Å²) < 4.78 is 5.72. The van der Waals surface area contributed by atoms with Crippen LogP contribution in [0.5, 0.6) is 0 Å². The molecule has 0 spiro atoms. The van der Waals surface area contributed by atoms with Gasteiger partial charge in [0.15, 0.2) is 0 Å². The summed E-state index contributed by atoms with van der Waals surface area (Å²) in [6, 6.07) is 10.8. The summed E-state index contributed by atoms with van der Waals surface area (Å²) in [7, 11) is 0. The highest BCUT2D eigenvalue weighted by molar-refractivity contribution is 7.81. The summed E-state index contributed by atoms with van der Waals surface area (Å²) in [5.41, 5.74) is 1.54. The van der Waals surface area contributed by atoms with E-state index in [1.807, 2.05) is 30.3 Å². The van der Waals surface area contributed by atoms with Gasteiger partial charge >= 0.3 is 0 Å². The van der Waals surface area contributed by atoms with Crippen LogP contribution in [0.3, 0.4) is 0 Å². The van der Waals surface area contributed by atoms with E-state index in [-0.39, 0.29) is 34.8 Å². The Balaban J connectivity index is 1.92. The Kier molecular flexibility index (Phi) is 4.54. The van der Waals surface area contributed by atoms with E-state index in [0.29, 0.717) is 12.2 Å². The predicted molar refractivity (Wildman–Crippen MR) is 108 cm³/mol. The topological polar surface area (TPSA) is 62.6 Å². The van der Waals surface area contributed by atoms with E-state index in [9.17, 15) is 9.59 Å². The number of hydrogen-bond donors (Lipinski definition) is 2. The fraction of sp³-hybridized carbons (Fsp3) is 0.429. The number of nitrogens with zero attached hydrogens (tertiary/aromatic N) is 1. The number of carbonyl (C=O) groups is 2. The van der Waals surface area contributed by atoms with Gasteiger partial charge in [0, 0.05) is 12.5 Å². The molecule has 2 aromatic rings. The summed E-state index contributed by atoms with van der Waals surface area (Å²) >= 11 is 4.23. The maximum Gasteiger partial charge on any atom is 0.237 e. The Bertz CT molecular complexity index is 862. The van der Waals surface area contributed by atoms with Gasteiger partial charge in [-0.2, -0.15) is 12.6 Å². The first kappa shape index (κ1) is 18.2. The van der Waals surface area contributed by atoms with Gasteiger partial charge < -0.3 is 9.73 Å². The number of benzene rings is 1. The number of Topliss-reactive ketones (excluding diaryl/α,β-unsaturated/α-hetero) is 1. The Morgan fingerprint density at radius 3 is 2.78 bits per heavy atom. The summed E-state index contributed by atoms with van der Waals surface area (Å²) in [5.74, 6) is 0.331. The molecule has 0 saturated heterocycles. The van der Waals surface area contributed by atoms with E-state index in [2.05, 4.69) is 31.8 Å². The van der Waals surface area contributed by atoms with Gasteiger partial charge in [0.05, 0.1) is 29.3 Å². The lowest BCUT2D eigenvalue weighted by molar-refractivity contribution is -0.129. The Morgan fingerprint density at radius 2 is 2.07 bits per heavy atom. The SMILES string of the molecule is CC1(C)CC(=O)[C@@H]2[C@H](C1)Nc1ccccc1N(C(=O)CS)[C@@H]2c1ccco1. The Labute approximate surface area is 164 Å². The fourth-order valence-corrected chi connectivity index (χ4v) is 4.74. The molecule has 2 aliphatic rings. The second-order valence-electron chi connectivity index (χ2n) is 8.19. The average Bonchev–Trinajstić information content (AvgIpc) is 3.09. The molecule has 1 aromatic carbocycles. The van der Waals surface area contributed by atoms with Gasteiger partial charge in [-0.3, -0.25) is 14.5 Å². The minimum absolute atomic E-state index is 0.0581. The molecular formula is C21H24N2O3S. The summed E-state index contributed by atoms with van der Waals surface area (Å²) in [6.45, 7) is 4.25. The maximum atomic E-state index is 13.3. The van der Waals surface area contributed by atoms with Crippen molar-refractivity contribution in [2.45, 2.75) is 38.8 Å². The molecule has 1 N–H and O–H groups in total. The van der Waals surface area contributed by atoms with E-state index in [4.69, 9.17) is 4.42 Å². The van der Waals surface area contributed by atoms with E-state index >= 15 is 0 Å². The van der Waals surface area contributed by atoms with E-state index in [1.165, 1.54) is 0 Å². The molecule has 0 unspecified atom stereocenters. The highest BCUT2D eigenvalue weighted by Crippen LogP contribution is 2.49. The lowest BCUT2D eigenvalue weighted by Gasteiger charge is -2.43. The zero-order valence-electron chi connectivity index (χ0n) is 15.5. The van der Waals surface area contributed by atoms with Crippen LogP contribution >= 0.6 is 12.6 Å². The number of para-hydroxylation sites is 2. The van der Waals surface area contributed by atoms with Crippen molar-refractivity contribution in [2.24, 2.45) is 11.3 Å². The molecule has 1 aromatic heterocycles. The van der Waals surface area contributed by atoms with Crippen LogP contribution in [-0.4, -0.2) is 23.5 Å². The first-order valence-electron chi connectivity index (χ1n) is 9.26. The number of anilines is 2. The van der Waals surface area contributed by atoms with Crippen LogP contribution in [0, 0.1) is 11.3 Å². The summed E-state index contributed by atoms with van der Waals surface area (Å²) in [4.78, 5) is 27.9. The number of ketones is 1. The minimum Gasteiger partial charge on any atom is -0.467 e. The van der Waals surface area contributed by atoms with Gasteiger partial charge in [0.1, 0.15) is 17.6 Å². The van der Waals surface area contributed by atoms with Crippen LogP contribution in [0.4, 0.5) is 11.4 Å². The van der Waals surface area contributed by atoms with Gasteiger partial charge in [-0.05, 0) is 36.1 Å². The highest BCUT2D eigenvalue weighted by Gasteiger charge is 2.50. The normalized spacial score (nSPS) is 26.6. The van der Waals surface area contributed by atoms with Crippen molar-refractivity contribution in [2.75, 3.05) is 16.0 Å². The number of amides is 1. The Morgan fingerprint density at radius 1 is 1.30 bits per heavy atom. The third-order valence-corrected chi connectivity index (χ3v) is 5.86. The van der Waals surface area contributed by atoms with E-state index < -0.39 is 6.04 Å². The number of hydrogen-bond acceptors (Lipinski definition) is 5. The van der Waals surface area contributed by atoms with Crippen molar-refractivity contribution in [1.82, 2.24) is 0 Å². The number of rotatable bonds is 2. The first-order valence-corrected chi connectivity index (χ1v) is 9.89. The summed E-state index contributed by atoms with van der Waals surface area (Å²) in [6.07, 6.45) is 2.93. The third kappa shape index (κ3) is 3.16. The standard InChI is InChI=1S/C21H24N2O3S/c1-21(2)10-14-19(16(24)11-21)20(17-8-5-9-26-17)23(18(25)12-27)15-7-4-3-6-13(15)22-14/h3-9,14,19-20,22,27H,10-12H2,1-2H3/t14-,19-,20+/m0/s1. The van der Waals surface area contributed by atoms with Crippen LogP contribution in [0.2, 0.25) is 0 Å². The number of furan rings is 1. The molecule has 3 atom stereocenters. The second kappa shape index (κ2) is 6.75. The van der Waals surface area contributed by atoms with Crippen molar-refractivity contribution < 1.29 is 14.0 Å². The monoisotopic (exact) mass is 384 g/mol. The zero-order valence-corrected chi connectivity index (χ0v) is 16.4. The van der Waals surface area contributed by atoms with Gasteiger partial charge in [-0.1, -0.05) is 26.0 Å². The largest absolute Gasteiger partial charge is 0.467 e. The minimum atomic E-state index is -0.482. The molecule has 4 rings (SSSR count). The van der Waals surface area contributed by atoms with Crippen molar-refractivity contribution in [3.63, 3.8) is 0 Å². The van der Waals surface area contributed by atoms with E-state index in [0.717, 1.165) is 17.8 Å². The zero-order chi connectivity index (χ0) is 19.2. The number of fused-ring (bicyclic) bond motifs is 2. The Hall–Kier alpha value is -2.21. The number of thiol groups is 1. The fourth-order valence-electron chi connectivity index (χ4n) is 4.59. The molecule has 1 fully saturated rings. The average molecular weight is 385 g/mol. The second-order valence-corrected chi connectivity index (χ2v) is 8.50. The molecule has 1 amide bonds. The molecular weight excluding hydrogens is 360 g/mol. The summed E-state index contributed by atoms with van der Waals surface area (Å²) in [5, 5.41) is 3.57. The van der Waals surface area contributed by atoms with Crippen LogP contribution in [0.15, 0.2) is 47.1 Å². The van der Waals surface area contributed by atoms with Crippen LogP contribution in [0.1, 0.15) is 38.5 Å². The molecule has 1 aliphatic heterocycles. The van der Waals surface area contributed by atoms with Gasteiger partial charge in [0.25, 0.3) is 0 Å². The van der Waals surface area contributed by atoms with Crippen LogP contribution in [-0.2, 0) is 9.59 Å². The smallest absolute Gasteiger partial charge is 0.237 e. The van der Waals surface area contributed by atoms with Crippen molar-refractivity contribution in [3.05, 3.63) is 48.4 Å². The first-order chi connectivity index (χ1) is 12.9. The lowest BCUT2D eigenvalue weighted by Crippen LogP contribution is -2.50. The highest BCUT2D eigenvalue weighted by atomic mass is 32.1. The van der Waals surface area contributed by atoms with Crippen molar-refractivity contribution in [1.29, 1.82) is 0 Å². The molecule has 27 heavy (non-hydrogen) atoms. The van der Waals surface area contributed by atoms with Gasteiger partial charge in [-0.25, -0.2) is 0 Å². The van der Waals surface area contributed by atoms with Crippen LogP contribution < -0.4 is 10.2 Å². The molecule has 2 heterocycles. The van der Waals surface area contributed by atoms with Gasteiger partial charge in [-0.15, -0.1) is 0 Å². The number of carbonyl (C=O) groups excluding carboxylic acids is 2. The molecule has 142 valence electrons. The van der Waals surface area contributed by atoms with Crippen molar-refractivity contribution >= 4 is 35.7 Å². The molecule has 0 radical (unpaired) electrons. The third-order valence-electron chi connectivity index (χ3n) is 5.59. The molecule has 6 heteroatoms. The molecule has 1 aliphatic carbocycles. The maximum absolute atomic E-state index is 13.3. The number of nitrogens with one attached hydrogen (secondary N) is 1. The van der Waals surface area contributed by atoms with Gasteiger partial charge in [0.2, 0.25) is 5.91 Å².